The van der Waals surface area contributed by atoms with E-state index in [1.807, 2.05) is 30.3 Å². The minimum Gasteiger partial charge on any atom is -0.354 e. The summed E-state index contributed by atoms with van der Waals surface area (Å²) < 4.78 is 0. The van der Waals surface area contributed by atoms with Gasteiger partial charge in [-0.25, -0.2) is 0 Å². The number of carbonyl (C=O) groups is 1. The molecule has 1 amide bonds. The van der Waals surface area contributed by atoms with Crippen molar-refractivity contribution in [1.82, 2.24) is 5.32 Å². The van der Waals surface area contributed by atoms with Crippen LogP contribution in [0, 0.1) is 0 Å². The lowest BCUT2D eigenvalue weighted by Crippen LogP contribution is -2.26. The maximum absolute atomic E-state index is 11.7. The first-order valence-corrected chi connectivity index (χ1v) is 8.63. The molecule has 0 saturated heterocycles. The molecule has 0 aliphatic carbocycles. The number of hydrogen-bond acceptors (Lipinski definition) is 1. The topological polar surface area (TPSA) is 29.1 Å². The molecule has 1 unspecified atom stereocenters. The zero-order valence-corrected chi connectivity index (χ0v) is 13.9. The third kappa shape index (κ3) is 8.77. The maximum Gasteiger partial charge on any atom is 0.220 e. The van der Waals surface area contributed by atoms with Crippen molar-refractivity contribution in [2.75, 3.05) is 6.54 Å². The van der Waals surface area contributed by atoms with Crippen molar-refractivity contribution >= 4 is 17.5 Å². The molecule has 118 valence electrons. The Morgan fingerprint density at radius 1 is 1.05 bits per heavy atom. The van der Waals surface area contributed by atoms with Crippen LogP contribution in [0.15, 0.2) is 30.3 Å². The van der Waals surface area contributed by atoms with Crippen LogP contribution in [0.25, 0.3) is 0 Å². The van der Waals surface area contributed by atoms with Crippen molar-refractivity contribution in [2.24, 2.45) is 0 Å². The summed E-state index contributed by atoms with van der Waals surface area (Å²) in [6.45, 7) is 2.73. The number of alkyl halides is 1. The predicted octanol–water partition coefficient (Wildman–Crippen LogP) is 5.22. The van der Waals surface area contributed by atoms with Crippen LogP contribution in [0.3, 0.4) is 0 Å². The number of hydrogen-bond donors (Lipinski definition) is 1. The van der Waals surface area contributed by atoms with Gasteiger partial charge in [-0.3, -0.25) is 4.79 Å². The minimum absolute atomic E-state index is 0.116. The number of amides is 1. The average molecular weight is 310 g/mol. The van der Waals surface area contributed by atoms with Gasteiger partial charge < -0.3 is 5.32 Å². The summed E-state index contributed by atoms with van der Waals surface area (Å²) in [5.74, 6) is 0.116. The normalized spacial score (nSPS) is 12.1. The van der Waals surface area contributed by atoms with Gasteiger partial charge in [0.05, 0.1) is 5.38 Å². The zero-order valence-electron chi connectivity index (χ0n) is 13.1. The molecule has 1 atom stereocenters. The molecule has 0 spiro atoms. The highest BCUT2D eigenvalue weighted by Crippen LogP contribution is 2.18. The van der Waals surface area contributed by atoms with Crippen molar-refractivity contribution in [1.29, 1.82) is 0 Å². The highest BCUT2D eigenvalue weighted by atomic mass is 35.5. The van der Waals surface area contributed by atoms with E-state index in [4.69, 9.17) is 11.6 Å². The number of benzene rings is 1. The number of unbranched alkanes of at least 4 members (excludes halogenated alkanes) is 6. The second kappa shape index (κ2) is 11.6. The molecule has 0 radical (unpaired) electrons. The molecular weight excluding hydrogens is 282 g/mol. The Labute approximate surface area is 134 Å². The molecule has 1 aromatic carbocycles. The van der Waals surface area contributed by atoms with Crippen LogP contribution in [-0.4, -0.2) is 12.5 Å². The first-order valence-electron chi connectivity index (χ1n) is 8.19. The van der Waals surface area contributed by atoms with E-state index in [-0.39, 0.29) is 11.3 Å². The van der Waals surface area contributed by atoms with Crippen molar-refractivity contribution < 1.29 is 4.79 Å². The third-order valence-electron chi connectivity index (χ3n) is 3.65. The van der Waals surface area contributed by atoms with E-state index >= 15 is 0 Å². The maximum atomic E-state index is 11.7. The van der Waals surface area contributed by atoms with E-state index in [0.717, 1.165) is 18.4 Å². The number of rotatable bonds is 11. The fourth-order valence-corrected chi connectivity index (χ4v) is 2.54. The molecular formula is C18H28ClNO. The van der Waals surface area contributed by atoms with Crippen LogP contribution in [0.5, 0.6) is 0 Å². The van der Waals surface area contributed by atoms with E-state index in [1.165, 1.54) is 32.1 Å². The summed E-state index contributed by atoms with van der Waals surface area (Å²) in [5, 5.41) is 2.77. The average Bonchev–Trinajstić information content (AvgIpc) is 2.52. The van der Waals surface area contributed by atoms with Crippen LogP contribution >= 0.6 is 11.6 Å². The number of nitrogens with one attached hydrogen (secondary N) is 1. The van der Waals surface area contributed by atoms with E-state index in [2.05, 4.69) is 12.2 Å². The molecule has 21 heavy (non-hydrogen) atoms. The quantitative estimate of drug-likeness (QED) is 0.440. The largest absolute Gasteiger partial charge is 0.354 e. The van der Waals surface area contributed by atoms with Gasteiger partial charge in [0, 0.05) is 13.0 Å². The Hall–Kier alpha value is -1.02. The van der Waals surface area contributed by atoms with Crippen LogP contribution < -0.4 is 5.32 Å². The van der Waals surface area contributed by atoms with Gasteiger partial charge in [-0.2, -0.15) is 0 Å². The van der Waals surface area contributed by atoms with Gasteiger partial charge in [0.15, 0.2) is 0 Å². The Kier molecular flexibility index (Phi) is 9.98. The lowest BCUT2D eigenvalue weighted by Gasteiger charge is -2.11. The molecule has 3 heteroatoms. The van der Waals surface area contributed by atoms with Gasteiger partial charge in [-0.1, -0.05) is 75.8 Å². The SMILES string of the molecule is CCCCCCCCCC(=O)NCC(Cl)c1ccccc1. The van der Waals surface area contributed by atoms with Crippen LogP contribution in [0.2, 0.25) is 0 Å². The second-order valence-corrected chi connectivity index (χ2v) is 6.08. The van der Waals surface area contributed by atoms with E-state index in [0.29, 0.717) is 13.0 Å². The van der Waals surface area contributed by atoms with Gasteiger partial charge in [0.2, 0.25) is 5.91 Å². The molecule has 1 aromatic rings. The van der Waals surface area contributed by atoms with Gasteiger partial charge in [0.1, 0.15) is 0 Å². The monoisotopic (exact) mass is 309 g/mol. The highest BCUT2D eigenvalue weighted by Gasteiger charge is 2.09. The lowest BCUT2D eigenvalue weighted by molar-refractivity contribution is -0.121. The Balaban J connectivity index is 2.03. The summed E-state index contributed by atoms with van der Waals surface area (Å²) in [7, 11) is 0. The molecule has 1 N–H and O–H groups in total. The van der Waals surface area contributed by atoms with Crippen molar-refractivity contribution in [3.63, 3.8) is 0 Å². The van der Waals surface area contributed by atoms with E-state index < -0.39 is 0 Å². The first kappa shape index (κ1) is 18.0. The molecule has 0 fully saturated rings. The zero-order chi connectivity index (χ0) is 15.3. The van der Waals surface area contributed by atoms with Crippen LogP contribution in [0.4, 0.5) is 0 Å². The third-order valence-corrected chi connectivity index (χ3v) is 4.05. The van der Waals surface area contributed by atoms with Crippen molar-refractivity contribution in [2.45, 2.75) is 63.7 Å². The Morgan fingerprint density at radius 2 is 1.67 bits per heavy atom. The van der Waals surface area contributed by atoms with Crippen molar-refractivity contribution in [3.05, 3.63) is 35.9 Å². The molecule has 0 heterocycles. The first-order chi connectivity index (χ1) is 10.2. The van der Waals surface area contributed by atoms with Gasteiger partial charge in [-0.05, 0) is 12.0 Å². The Bertz CT molecular complexity index is 380. The summed E-state index contributed by atoms with van der Waals surface area (Å²) >= 11 is 6.27. The summed E-state index contributed by atoms with van der Waals surface area (Å²) in [4.78, 5) is 11.7. The lowest BCUT2D eigenvalue weighted by atomic mass is 10.1. The standard InChI is InChI=1S/C18H28ClNO/c1-2-3-4-5-6-7-11-14-18(21)20-15-17(19)16-12-9-8-10-13-16/h8-10,12-13,17H,2-7,11,14-15H2,1H3,(H,20,21). The molecule has 0 bridgehead atoms. The molecule has 0 aliphatic rings. The van der Waals surface area contributed by atoms with Gasteiger partial charge >= 0.3 is 0 Å². The highest BCUT2D eigenvalue weighted by molar-refractivity contribution is 6.21. The molecule has 0 saturated carbocycles. The fraction of sp³-hybridized carbons (Fsp3) is 0.611. The summed E-state index contributed by atoms with van der Waals surface area (Å²) in [6.07, 6.45) is 9.24. The van der Waals surface area contributed by atoms with E-state index in [1.54, 1.807) is 0 Å². The van der Waals surface area contributed by atoms with Gasteiger partial charge in [0.25, 0.3) is 0 Å². The molecule has 2 nitrogen and oxygen atoms in total. The molecule has 0 aromatic heterocycles. The summed E-state index contributed by atoms with van der Waals surface area (Å²) in [6, 6.07) is 9.86. The molecule has 1 rings (SSSR count). The fourth-order valence-electron chi connectivity index (χ4n) is 2.31. The van der Waals surface area contributed by atoms with Crippen LogP contribution in [0.1, 0.15) is 69.2 Å². The van der Waals surface area contributed by atoms with E-state index in [9.17, 15) is 4.79 Å². The second-order valence-electron chi connectivity index (χ2n) is 5.55. The van der Waals surface area contributed by atoms with Crippen LogP contribution in [-0.2, 0) is 4.79 Å². The molecule has 0 aliphatic heterocycles. The minimum atomic E-state index is -0.149. The Morgan fingerprint density at radius 3 is 2.33 bits per heavy atom. The number of carbonyl (C=O) groups excluding carboxylic acids is 1. The number of halogens is 1. The van der Waals surface area contributed by atoms with Gasteiger partial charge in [-0.15, -0.1) is 11.6 Å². The predicted molar refractivity (Wildman–Crippen MR) is 90.7 cm³/mol. The van der Waals surface area contributed by atoms with Crippen molar-refractivity contribution in [3.8, 4) is 0 Å². The smallest absolute Gasteiger partial charge is 0.220 e. The summed E-state index contributed by atoms with van der Waals surface area (Å²) in [5.41, 5.74) is 1.05.